The van der Waals surface area contributed by atoms with Crippen LogP contribution in [0.1, 0.15) is 59.3 Å². The standard InChI is InChI=1S/C23H30N2O4S/c1-16-8-10-20(17(2)14-16)18(3)24-23(26)21-15-19(9-11-22(21)29-4)30(27,28)25-12-6-5-7-13-25/h8-11,14-15,18H,5-7,12-13H2,1-4H3,(H,24,26)/t18-/m1/s1. The summed E-state index contributed by atoms with van der Waals surface area (Å²) in [6.07, 6.45) is 2.75. The van der Waals surface area contributed by atoms with Crippen molar-refractivity contribution in [2.45, 2.75) is 51.0 Å². The van der Waals surface area contributed by atoms with Crippen molar-refractivity contribution in [1.29, 1.82) is 0 Å². The third-order valence-electron chi connectivity index (χ3n) is 5.61. The maximum atomic E-state index is 13.0. The topological polar surface area (TPSA) is 75.7 Å². The van der Waals surface area contributed by atoms with Crippen molar-refractivity contribution in [3.63, 3.8) is 0 Å². The molecule has 3 rings (SSSR count). The first kappa shape index (κ1) is 22.3. The van der Waals surface area contributed by atoms with Crippen LogP contribution in [0.3, 0.4) is 0 Å². The molecular formula is C23H30N2O4S. The number of ether oxygens (including phenoxy) is 1. The lowest BCUT2D eigenvalue weighted by atomic mass is 10.00. The average molecular weight is 431 g/mol. The summed E-state index contributed by atoms with van der Waals surface area (Å²) in [4.78, 5) is 13.2. The van der Waals surface area contributed by atoms with Gasteiger partial charge in [-0.05, 0) is 62.9 Å². The molecule has 1 N–H and O–H groups in total. The fourth-order valence-corrected chi connectivity index (χ4v) is 5.49. The number of piperidine rings is 1. The van der Waals surface area contributed by atoms with Crippen LogP contribution >= 0.6 is 0 Å². The van der Waals surface area contributed by atoms with E-state index in [2.05, 4.69) is 11.4 Å². The average Bonchev–Trinajstić information content (AvgIpc) is 2.73. The second kappa shape index (κ2) is 9.18. The SMILES string of the molecule is COc1ccc(S(=O)(=O)N2CCCCC2)cc1C(=O)N[C@H](C)c1ccc(C)cc1C. The highest BCUT2D eigenvalue weighted by Gasteiger charge is 2.28. The van der Waals surface area contributed by atoms with Crippen LogP contribution in [0.4, 0.5) is 0 Å². The number of nitrogens with zero attached hydrogens (tertiary/aromatic N) is 1. The van der Waals surface area contributed by atoms with Gasteiger partial charge in [0.05, 0.1) is 23.6 Å². The Labute approximate surface area is 179 Å². The monoisotopic (exact) mass is 430 g/mol. The van der Waals surface area contributed by atoms with Crippen LogP contribution in [0.2, 0.25) is 0 Å². The summed E-state index contributed by atoms with van der Waals surface area (Å²) in [5.41, 5.74) is 3.49. The van der Waals surface area contributed by atoms with Crippen molar-refractivity contribution in [3.8, 4) is 5.75 Å². The molecular weight excluding hydrogens is 400 g/mol. The first-order valence-electron chi connectivity index (χ1n) is 10.3. The van der Waals surface area contributed by atoms with E-state index in [4.69, 9.17) is 4.74 Å². The molecule has 1 amide bonds. The van der Waals surface area contributed by atoms with Crippen LogP contribution in [-0.4, -0.2) is 38.8 Å². The Morgan fingerprint density at radius 2 is 1.77 bits per heavy atom. The maximum Gasteiger partial charge on any atom is 0.255 e. The van der Waals surface area contributed by atoms with Crippen molar-refractivity contribution in [2.75, 3.05) is 20.2 Å². The lowest BCUT2D eigenvalue weighted by molar-refractivity contribution is 0.0936. The van der Waals surface area contributed by atoms with E-state index >= 15 is 0 Å². The van der Waals surface area contributed by atoms with E-state index in [1.807, 2.05) is 32.9 Å². The minimum Gasteiger partial charge on any atom is -0.496 e. The molecule has 2 aromatic rings. The fourth-order valence-electron chi connectivity index (χ4n) is 3.94. The van der Waals surface area contributed by atoms with Gasteiger partial charge >= 0.3 is 0 Å². The normalized spacial score (nSPS) is 16.1. The quantitative estimate of drug-likeness (QED) is 0.752. The molecule has 0 bridgehead atoms. The second-order valence-corrected chi connectivity index (χ2v) is 9.82. The molecule has 2 aromatic carbocycles. The summed E-state index contributed by atoms with van der Waals surface area (Å²) in [7, 11) is -2.17. The van der Waals surface area contributed by atoms with E-state index < -0.39 is 10.0 Å². The van der Waals surface area contributed by atoms with Crippen molar-refractivity contribution in [1.82, 2.24) is 9.62 Å². The number of sulfonamides is 1. The van der Waals surface area contributed by atoms with Gasteiger partial charge in [-0.1, -0.05) is 30.2 Å². The molecule has 0 spiro atoms. The predicted molar refractivity (Wildman–Crippen MR) is 117 cm³/mol. The summed E-state index contributed by atoms with van der Waals surface area (Å²) >= 11 is 0. The second-order valence-electron chi connectivity index (χ2n) is 7.88. The van der Waals surface area contributed by atoms with E-state index in [1.54, 1.807) is 6.07 Å². The Kier molecular flexibility index (Phi) is 6.83. The number of benzene rings is 2. The van der Waals surface area contributed by atoms with Gasteiger partial charge in [0.1, 0.15) is 5.75 Å². The molecule has 0 unspecified atom stereocenters. The number of nitrogens with one attached hydrogen (secondary N) is 1. The Morgan fingerprint density at radius 1 is 1.07 bits per heavy atom. The van der Waals surface area contributed by atoms with Crippen molar-refractivity contribution in [2.24, 2.45) is 0 Å². The number of carbonyl (C=O) groups is 1. The summed E-state index contributed by atoms with van der Waals surface area (Å²) in [5.74, 6) is -0.0204. The van der Waals surface area contributed by atoms with Crippen LogP contribution in [0, 0.1) is 13.8 Å². The van der Waals surface area contributed by atoms with E-state index in [0.717, 1.165) is 36.0 Å². The molecule has 1 heterocycles. The molecule has 1 atom stereocenters. The van der Waals surface area contributed by atoms with Gasteiger partial charge in [0.15, 0.2) is 0 Å². The molecule has 1 fully saturated rings. The van der Waals surface area contributed by atoms with Crippen LogP contribution in [0.25, 0.3) is 0 Å². The highest BCUT2D eigenvalue weighted by molar-refractivity contribution is 7.89. The van der Waals surface area contributed by atoms with Gasteiger partial charge in [-0.2, -0.15) is 4.31 Å². The molecule has 1 saturated heterocycles. The molecule has 7 heteroatoms. The molecule has 1 aliphatic rings. The van der Waals surface area contributed by atoms with Gasteiger partial charge in [0.2, 0.25) is 10.0 Å². The Hall–Kier alpha value is -2.38. The van der Waals surface area contributed by atoms with Gasteiger partial charge in [-0.15, -0.1) is 0 Å². The highest BCUT2D eigenvalue weighted by atomic mass is 32.2. The number of amides is 1. The summed E-state index contributed by atoms with van der Waals surface area (Å²) in [6, 6.07) is 10.3. The third kappa shape index (κ3) is 4.68. The van der Waals surface area contributed by atoms with E-state index in [9.17, 15) is 13.2 Å². The maximum absolute atomic E-state index is 13.0. The Balaban J connectivity index is 1.88. The fraction of sp³-hybridized carbons (Fsp3) is 0.435. The van der Waals surface area contributed by atoms with Gasteiger partial charge in [-0.3, -0.25) is 4.79 Å². The van der Waals surface area contributed by atoms with Crippen LogP contribution in [0.15, 0.2) is 41.3 Å². The van der Waals surface area contributed by atoms with Crippen LogP contribution in [0.5, 0.6) is 5.75 Å². The summed E-state index contributed by atoms with van der Waals surface area (Å²) < 4.78 is 32.9. The molecule has 30 heavy (non-hydrogen) atoms. The van der Waals surface area contributed by atoms with Gasteiger partial charge in [0, 0.05) is 13.1 Å². The Morgan fingerprint density at radius 3 is 2.40 bits per heavy atom. The van der Waals surface area contributed by atoms with Crippen LogP contribution < -0.4 is 10.1 Å². The number of hydrogen-bond acceptors (Lipinski definition) is 4. The molecule has 0 aromatic heterocycles. The van der Waals surface area contributed by atoms with Crippen molar-refractivity contribution >= 4 is 15.9 Å². The van der Waals surface area contributed by atoms with Gasteiger partial charge in [-0.25, -0.2) is 8.42 Å². The zero-order valence-electron chi connectivity index (χ0n) is 18.1. The lowest BCUT2D eigenvalue weighted by Gasteiger charge is -2.26. The number of methoxy groups -OCH3 is 1. The zero-order chi connectivity index (χ0) is 21.9. The summed E-state index contributed by atoms with van der Waals surface area (Å²) in [6.45, 7) is 6.98. The van der Waals surface area contributed by atoms with Gasteiger partial charge in [0.25, 0.3) is 5.91 Å². The largest absolute Gasteiger partial charge is 0.496 e. The third-order valence-corrected chi connectivity index (χ3v) is 7.50. The van der Waals surface area contributed by atoms with Crippen molar-refractivity contribution < 1.29 is 17.9 Å². The lowest BCUT2D eigenvalue weighted by Crippen LogP contribution is -2.35. The summed E-state index contributed by atoms with van der Waals surface area (Å²) in [5, 5.41) is 2.98. The number of hydrogen-bond donors (Lipinski definition) is 1. The van der Waals surface area contributed by atoms with E-state index in [1.165, 1.54) is 23.5 Å². The number of rotatable bonds is 6. The molecule has 6 nitrogen and oxygen atoms in total. The predicted octanol–water partition coefficient (Wildman–Crippen LogP) is 3.98. The minimum atomic E-state index is -3.64. The molecule has 162 valence electrons. The van der Waals surface area contributed by atoms with Crippen molar-refractivity contribution in [3.05, 3.63) is 58.7 Å². The van der Waals surface area contributed by atoms with Gasteiger partial charge < -0.3 is 10.1 Å². The number of carbonyl (C=O) groups excluding carboxylic acids is 1. The van der Waals surface area contributed by atoms with Crippen LogP contribution in [-0.2, 0) is 10.0 Å². The minimum absolute atomic E-state index is 0.120. The number of aryl methyl sites for hydroxylation is 2. The van der Waals surface area contributed by atoms with E-state index in [0.29, 0.717) is 18.8 Å². The Bertz CT molecular complexity index is 1030. The first-order valence-corrected chi connectivity index (χ1v) is 11.7. The molecule has 0 radical (unpaired) electrons. The smallest absolute Gasteiger partial charge is 0.255 e. The zero-order valence-corrected chi connectivity index (χ0v) is 18.9. The first-order chi connectivity index (χ1) is 14.2. The van der Waals surface area contributed by atoms with E-state index in [-0.39, 0.29) is 22.4 Å². The molecule has 1 aliphatic heterocycles. The molecule has 0 saturated carbocycles. The highest BCUT2D eigenvalue weighted by Crippen LogP contribution is 2.27. The molecule has 0 aliphatic carbocycles.